The Labute approximate surface area is 130 Å². The third-order valence-corrected chi connectivity index (χ3v) is 3.49. The van der Waals surface area contributed by atoms with Gasteiger partial charge in [0.15, 0.2) is 0 Å². The third kappa shape index (κ3) is 4.23. The van der Waals surface area contributed by atoms with Gasteiger partial charge in [0.2, 0.25) is 0 Å². The maximum atomic E-state index is 12.4. The molecule has 1 amide bonds. The highest BCUT2D eigenvalue weighted by Gasteiger charge is 2.14. The number of rotatable bonds is 5. The van der Waals surface area contributed by atoms with E-state index < -0.39 is 0 Å². The number of halogens is 1. The van der Waals surface area contributed by atoms with E-state index in [0.29, 0.717) is 10.6 Å². The first-order valence-corrected chi connectivity index (χ1v) is 7.30. The number of carbonyl (C=O) groups excluding carboxylic acids is 1. The minimum atomic E-state index is -0.120. The Morgan fingerprint density at radius 2 is 1.90 bits per heavy atom. The average Bonchev–Trinajstić information content (AvgIpc) is 2.48. The third-order valence-electron chi connectivity index (χ3n) is 3.26. The zero-order valence-electron chi connectivity index (χ0n) is 12.2. The Morgan fingerprint density at radius 1 is 1.19 bits per heavy atom. The van der Waals surface area contributed by atoms with Crippen molar-refractivity contribution < 1.29 is 4.79 Å². The SMILES string of the molecule is CNc1ccc(Cl)cc1C(=O)NC(C)Cc1ccccc1. The molecule has 1 unspecified atom stereocenters. The molecule has 110 valence electrons. The van der Waals surface area contributed by atoms with Crippen molar-refractivity contribution in [2.75, 3.05) is 12.4 Å². The van der Waals surface area contributed by atoms with Crippen molar-refractivity contribution in [1.29, 1.82) is 0 Å². The summed E-state index contributed by atoms with van der Waals surface area (Å²) in [4.78, 5) is 12.4. The van der Waals surface area contributed by atoms with E-state index in [1.54, 1.807) is 25.2 Å². The van der Waals surface area contributed by atoms with Crippen LogP contribution < -0.4 is 10.6 Å². The predicted octanol–water partition coefficient (Wildman–Crippen LogP) is 3.74. The van der Waals surface area contributed by atoms with E-state index in [1.807, 2.05) is 25.1 Å². The molecule has 0 saturated carbocycles. The van der Waals surface area contributed by atoms with Gasteiger partial charge >= 0.3 is 0 Å². The van der Waals surface area contributed by atoms with Gasteiger partial charge in [0, 0.05) is 23.8 Å². The van der Waals surface area contributed by atoms with Crippen LogP contribution in [0.3, 0.4) is 0 Å². The molecule has 0 aromatic heterocycles. The van der Waals surface area contributed by atoms with Gasteiger partial charge in [0.25, 0.3) is 5.91 Å². The minimum Gasteiger partial charge on any atom is -0.387 e. The van der Waals surface area contributed by atoms with Gasteiger partial charge in [0.05, 0.1) is 5.56 Å². The van der Waals surface area contributed by atoms with Gasteiger partial charge in [-0.1, -0.05) is 41.9 Å². The van der Waals surface area contributed by atoms with Gasteiger partial charge in [-0.2, -0.15) is 0 Å². The van der Waals surface area contributed by atoms with Gasteiger partial charge in [0.1, 0.15) is 0 Å². The highest BCUT2D eigenvalue weighted by atomic mass is 35.5. The van der Waals surface area contributed by atoms with E-state index in [2.05, 4.69) is 22.8 Å². The summed E-state index contributed by atoms with van der Waals surface area (Å²) in [5.74, 6) is -0.120. The minimum absolute atomic E-state index is 0.0450. The van der Waals surface area contributed by atoms with E-state index >= 15 is 0 Å². The first kappa shape index (κ1) is 15.4. The van der Waals surface area contributed by atoms with Crippen LogP contribution in [0.5, 0.6) is 0 Å². The van der Waals surface area contributed by atoms with E-state index in [1.165, 1.54) is 5.56 Å². The maximum absolute atomic E-state index is 12.4. The predicted molar refractivity (Wildman–Crippen MR) is 88.1 cm³/mol. The Hall–Kier alpha value is -2.00. The normalized spacial score (nSPS) is 11.8. The molecular weight excluding hydrogens is 284 g/mol. The molecule has 0 bridgehead atoms. The van der Waals surface area contributed by atoms with Crippen molar-refractivity contribution in [3.05, 3.63) is 64.7 Å². The van der Waals surface area contributed by atoms with Crippen LogP contribution in [0, 0.1) is 0 Å². The van der Waals surface area contributed by atoms with Crippen LogP contribution in [0.2, 0.25) is 5.02 Å². The Morgan fingerprint density at radius 3 is 2.57 bits per heavy atom. The number of benzene rings is 2. The number of nitrogens with one attached hydrogen (secondary N) is 2. The number of carbonyl (C=O) groups is 1. The quantitative estimate of drug-likeness (QED) is 0.883. The first-order chi connectivity index (χ1) is 10.1. The molecule has 1 atom stereocenters. The standard InChI is InChI=1S/C17H19ClN2O/c1-12(10-13-6-4-3-5-7-13)20-17(21)15-11-14(18)8-9-16(15)19-2/h3-9,11-12,19H,10H2,1-2H3,(H,20,21). The van der Waals surface area contributed by atoms with E-state index in [4.69, 9.17) is 11.6 Å². The lowest BCUT2D eigenvalue weighted by atomic mass is 10.1. The van der Waals surface area contributed by atoms with E-state index in [9.17, 15) is 4.79 Å². The average molecular weight is 303 g/mol. The van der Waals surface area contributed by atoms with Crippen molar-refractivity contribution in [2.45, 2.75) is 19.4 Å². The van der Waals surface area contributed by atoms with Gasteiger partial charge in [-0.15, -0.1) is 0 Å². The Balaban J connectivity index is 2.06. The molecule has 0 aliphatic rings. The molecule has 0 fully saturated rings. The van der Waals surface area contributed by atoms with Gasteiger partial charge in [-0.3, -0.25) is 4.79 Å². The molecular formula is C17H19ClN2O. The topological polar surface area (TPSA) is 41.1 Å². The summed E-state index contributed by atoms with van der Waals surface area (Å²) in [6.07, 6.45) is 0.794. The number of hydrogen-bond donors (Lipinski definition) is 2. The summed E-state index contributed by atoms with van der Waals surface area (Å²) in [5.41, 5.74) is 2.53. The lowest BCUT2D eigenvalue weighted by Gasteiger charge is -2.16. The van der Waals surface area contributed by atoms with Crippen molar-refractivity contribution >= 4 is 23.2 Å². The molecule has 2 aromatic carbocycles. The fourth-order valence-electron chi connectivity index (χ4n) is 2.24. The zero-order chi connectivity index (χ0) is 15.2. The van der Waals surface area contributed by atoms with E-state index in [0.717, 1.165) is 12.1 Å². The highest BCUT2D eigenvalue weighted by Crippen LogP contribution is 2.20. The first-order valence-electron chi connectivity index (χ1n) is 6.92. The lowest BCUT2D eigenvalue weighted by Crippen LogP contribution is -2.34. The fraction of sp³-hybridized carbons (Fsp3) is 0.235. The summed E-state index contributed by atoms with van der Waals surface area (Å²) in [7, 11) is 1.79. The van der Waals surface area contributed by atoms with Crippen molar-refractivity contribution in [2.24, 2.45) is 0 Å². The molecule has 2 N–H and O–H groups in total. The van der Waals surface area contributed by atoms with Crippen molar-refractivity contribution in [1.82, 2.24) is 5.32 Å². The molecule has 21 heavy (non-hydrogen) atoms. The maximum Gasteiger partial charge on any atom is 0.253 e. The summed E-state index contributed by atoms with van der Waals surface area (Å²) in [6, 6.07) is 15.4. The monoisotopic (exact) mass is 302 g/mol. The molecule has 0 heterocycles. The van der Waals surface area contributed by atoms with Crippen LogP contribution in [-0.2, 0) is 6.42 Å². The highest BCUT2D eigenvalue weighted by molar-refractivity contribution is 6.31. The summed E-state index contributed by atoms with van der Waals surface area (Å²) < 4.78 is 0. The lowest BCUT2D eigenvalue weighted by molar-refractivity contribution is 0.0941. The molecule has 3 nitrogen and oxygen atoms in total. The zero-order valence-corrected chi connectivity index (χ0v) is 12.9. The number of hydrogen-bond acceptors (Lipinski definition) is 2. The fourth-order valence-corrected chi connectivity index (χ4v) is 2.41. The Bertz CT molecular complexity index is 613. The number of anilines is 1. The van der Waals surface area contributed by atoms with Crippen LogP contribution in [0.25, 0.3) is 0 Å². The molecule has 2 rings (SSSR count). The number of amides is 1. The van der Waals surface area contributed by atoms with Crippen molar-refractivity contribution in [3.8, 4) is 0 Å². The Kier molecular flexibility index (Phi) is 5.23. The molecule has 4 heteroatoms. The van der Waals surface area contributed by atoms with Crippen LogP contribution in [0.4, 0.5) is 5.69 Å². The molecule has 0 aliphatic carbocycles. The van der Waals surface area contributed by atoms with Crippen LogP contribution >= 0.6 is 11.6 Å². The van der Waals surface area contributed by atoms with Gasteiger partial charge in [-0.25, -0.2) is 0 Å². The molecule has 0 aliphatic heterocycles. The summed E-state index contributed by atoms with van der Waals surface area (Å²) in [6.45, 7) is 1.99. The molecule has 2 aromatic rings. The van der Waals surface area contributed by atoms with Crippen molar-refractivity contribution in [3.63, 3.8) is 0 Å². The second-order valence-corrected chi connectivity index (χ2v) is 5.44. The summed E-state index contributed by atoms with van der Waals surface area (Å²) >= 11 is 5.98. The van der Waals surface area contributed by atoms with Gasteiger partial charge in [-0.05, 0) is 37.1 Å². The van der Waals surface area contributed by atoms with Crippen LogP contribution in [0.15, 0.2) is 48.5 Å². The van der Waals surface area contributed by atoms with Crippen LogP contribution in [0.1, 0.15) is 22.8 Å². The summed E-state index contributed by atoms with van der Waals surface area (Å²) in [5, 5.41) is 6.57. The largest absolute Gasteiger partial charge is 0.387 e. The molecule has 0 saturated heterocycles. The van der Waals surface area contributed by atoms with Gasteiger partial charge < -0.3 is 10.6 Å². The van der Waals surface area contributed by atoms with E-state index in [-0.39, 0.29) is 11.9 Å². The molecule has 0 spiro atoms. The second-order valence-electron chi connectivity index (χ2n) is 5.00. The van der Waals surface area contributed by atoms with Crippen LogP contribution in [-0.4, -0.2) is 19.0 Å². The second kappa shape index (κ2) is 7.14. The smallest absolute Gasteiger partial charge is 0.253 e. The molecule has 0 radical (unpaired) electrons.